The first kappa shape index (κ1) is 59.2. The van der Waals surface area contributed by atoms with Crippen molar-refractivity contribution in [3.63, 3.8) is 0 Å². The zero-order chi connectivity index (χ0) is 70.0. The average molecular weight is 1360 g/mol. The van der Waals surface area contributed by atoms with E-state index in [9.17, 15) is 0 Å². The van der Waals surface area contributed by atoms with E-state index >= 15 is 0 Å². The molecule has 0 bridgehead atoms. The lowest BCUT2D eigenvalue weighted by Gasteiger charge is -2.25. The Morgan fingerprint density at radius 3 is 1.10 bits per heavy atom. The van der Waals surface area contributed by atoms with E-state index in [1.54, 1.807) is 0 Å². The third kappa shape index (κ3) is 8.65. The third-order valence-corrected chi connectivity index (χ3v) is 22.6. The Bertz CT molecular complexity index is 7670. The molecule has 24 aromatic rings. The van der Waals surface area contributed by atoms with E-state index in [1.807, 2.05) is 12.1 Å². The van der Waals surface area contributed by atoms with Crippen LogP contribution in [0.2, 0.25) is 0 Å². The van der Waals surface area contributed by atoms with Crippen LogP contribution in [0.3, 0.4) is 0 Å². The van der Waals surface area contributed by atoms with Crippen molar-refractivity contribution in [3.05, 3.63) is 370 Å². The molecule has 0 spiro atoms. The fourth-order valence-corrected chi connectivity index (χ4v) is 18.2. The molecule has 5 aromatic heterocycles. The summed E-state index contributed by atoms with van der Waals surface area (Å²) in [6.45, 7) is 0. The van der Waals surface area contributed by atoms with Gasteiger partial charge in [-0.15, -0.1) is 0 Å². The van der Waals surface area contributed by atoms with Crippen molar-refractivity contribution >= 4 is 180 Å². The minimum Gasteiger partial charge on any atom is -0.311 e. The molecule has 0 aliphatic heterocycles. The zero-order valence-corrected chi connectivity index (χ0v) is 57.8. The number of fused-ring (bicyclic) bond motifs is 10. The highest BCUT2D eigenvalue weighted by Crippen LogP contribution is 2.52. The number of rotatable bonds is 8. The number of aromatic nitrogens is 6. The zero-order valence-electron chi connectivity index (χ0n) is 57.8. The van der Waals surface area contributed by atoms with Crippen molar-refractivity contribution in [2.75, 3.05) is 4.90 Å². The Morgan fingerprint density at radius 2 is 0.561 bits per heavy atom. The molecule has 5 heterocycles. The Kier molecular flexibility index (Phi) is 12.7. The minimum atomic E-state index is 0.825. The first-order valence-corrected chi connectivity index (χ1v) is 36.7. The third-order valence-electron chi connectivity index (χ3n) is 22.6. The van der Waals surface area contributed by atoms with Crippen molar-refractivity contribution < 1.29 is 0 Å². The summed E-state index contributed by atoms with van der Waals surface area (Å²) in [5, 5.41) is 25.2. The van der Waals surface area contributed by atoms with Crippen LogP contribution < -0.4 is 4.90 Å². The molecule has 0 fully saturated rings. The number of para-hydroxylation sites is 6. The van der Waals surface area contributed by atoms with E-state index in [1.165, 1.54) is 141 Å². The molecular formula is C100H61N7. The van der Waals surface area contributed by atoms with Crippen LogP contribution >= 0.6 is 0 Å². The fraction of sp³-hybridized carbons (Fsp3) is 0. The van der Waals surface area contributed by atoms with Crippen molar-refractivity contribution in [2.45, 2.75) is 0 Å². The van der Waals surface area contributed by atoms with Gasteiger partial charge in [0, 0.05) is 88.2 Å². The highest BCUT2D eigenvalue weighted by molar-refractivity contribution is 6.42. The summed E-state index contributed by atoms with van der Waals surface area (Å²) in [7, 11) is 0. The SMILES string of the molecule is c1ccc(-c2nc3ccccc3nc2-n2c3cccc4c5ccccc5c5cc6ccccc6c6c5c5c(c43)c2ccc5n6-c2ccccc2)cc1.c1ccc(N(c2ccccc2)c2ccc(-n3c4cccc5c6cc7ccccc7cc6c6cccc7c6c6c(c54)c3ccc6n7-c3ccccc3)cc2)cc1. The molecular weight excluding hydrogens is 1300 g/mol. The van der Waals surface area contributed by atoms with Crippen LogP contribution in [-0.2, 0) is 0 Å². The second-order valence-corrected chi connectivity index (χ2v) is 28.3. The molecule has 7 nitrogen and oxygen atoms in total. The van der Waals surface area contributed by atoms with Gasteiger partial charge in [0.15, 0.2) is 5.82 Å². The molecule has 0 atom stereocenters. The summed E-state index contributed by atoms with van der Waals surface area (Å²) >= 11 is 0. The largest absolute Gasteiger partial charge is 0.311 e. The van der Waals surface area contributed by atoms with Gasteiger partial charge in [0.05, 0.1) is 55.2 Å². The molecule has 0 unspecified atom stereocenters. The molecule has 107 heavy (non-hydrogen) atoms. The molecule has 7 heteroatoms. The Morgan fingerprint density at radius 1 is 0.206 bits per heavy atom. The van der Waals surface area contributed by atoms with Crippen LogP contribution in [0, 0.1) is 0 Å². The topological polar surface area (TPSA) is 48.7 Å². The van der Waals surface area contributed by atoms with E-state index < -0.39 is 0 Å². The Labute approximate surface area is 613 Å². The van der Waals surface area contributed by atoms with Crippen LogP contribution in [0.25, 0.3) is 197 Å². The van der Waals surface area contributed by atoms with Crippen LogP contribution in [-0.4, -0.2) is 28.2 Å². The van der Waals surface area contributed by atoms with Gasteiger partial charge in [-0.3, -0.25) is 4.57 Å². The lowest BCUT2D eigenvalue weighted by molar-refractivity contribution is 1.08. The monoisotopic (exact) mass is 1360 g/mol. The summed E-state index contributed by atoms with van der Waals surface area (Å²) in [4.78, 5) is 13.1. The van der Waals surface area contributed by atoms with Crippen molar-refractivity contribution in [2.24, 2.45) is 0 Å². The van der Waals surface area contributed by atoms with Gasteiger partial charge in [0.25, 0.3) is 0 Å². The molecule has 0 saturated heterocycles. The maximum Gasteiger partial charge on any atom is 0.165 e. The molecule has 0 radical (unpaired) electrons. The van der Waals surface area contributed by atoms with E-state index in [0.717, 1.165) is 73.3 Å². The molecule has 0 saturated carbocycles. The van der Waals surface area contributed by atoms with Crippen LogP contribution in [0.5, 0.6) is 0 Å². The van der Waals surface area contributed by atoms with Gasteiger partial charge in [0.2, 0.25) is 0 Å². The van der Waals surface area contributed by atoms with E-state index in [4.69, 9.17) is 9.97 Å². The van der Waals surface area contributed by atoms with Gasteiger partial charge >= 0.3 is 0 Å². The number of anilines is 3. The fourth-order valence-electron chi connectivity index (χ4n) is 18.2. The van der Waals surface area contributed by atoms with Crippen LogP contribution in [0.1, 0.15) is 0 Å². The summed E-state index contributed by atoms with van der Waals surface area (Å²) in [6, 6.07) is 134. The lowest BCUT2D eigenvalue weighted by Crippen LogP contribution is -2.09. The second kappa shape index (κ2) is 23.1. The molecule has 0 N–H and O–H groups in total. The maximum absolute atomic E-state index is 5.44. The number of hydrogen-bond acceptors (Lipinski definition) is 3. The number of nitrogens with zero attached hydrogens (tertiary/aromatic N) is 7. The van der Waals surface area contributed by atoms with Gasteiger partial charge in [0.1, 0.15) is 5.69 Å². The quantitative estimate of drug-likeness (QED) is 0.152. The Hall–Kier alpha value is -14.4. The average Bonchev–Trinajstić information content (AvgIpc) is 1.53. The van der Waals surface area contributed by atoms with Crippen LogP contribution in [0.15, 0.2) is 370 Å². The standard InChI is InChI=1S/C52H33N3.C48H28N4/c1-4-16-36(17-5-1)53(37-18-6-2-7-19-37)39-26-28-40(29-27-39)55-46-25-13-23-42-44-33-35-15-11-10-14-34(35)32-43(44)41-22-12-24-45-49(41)51-47(30-31-48(55)52(51)50(42)46)54(45)38-20-8-3-9-21-38;1-3-14-29(15-4-1)46-48(50-38-24-12-11-23-37(38)49-46)52-39-25-13-22-35-33-20-9-10-21-34(33)36-28-30-16-7-8-19-32(30)47-43(36)45-40(26-27-41(52)44(45)42(35)39)51(47)31-17-5-2-6-18-31/h1-33H;1-28H. The molecule has 0 aliphatic carbocycles. The predicted octanol–water partition coefficient (Wildman–Crippen LogP) is 26.6. The van der Waals surface area contributed by atoms with Crippen LogP contribution in [0.4, 0.5) is 17.1 Å². The molecule has 0 aliphatic rings. The second-order valence-electron chi connectivity index (χ2n) is 28.3. The summed E-state index contributed by atoms with van der Waals surface area (Å²) in [6.07, 6.45) is 0. The Balaban J connectivity index is 0.000000130. The molecule has 24 rings (SSSR count). The molecule has 496 valence electrons. The van der Waals surface area contributed by atoms with Gasteiger partial charge in [-0.25, -0.2) is 9.97 Å². The van der Waals surface area contributed by atoms with E-state index in [0.29, 0.717) is 0 Å². The predicted molar refractivity (Wildman–Crippen MR) is 451 cm³/mol. The van der Waals surface area contributed by atoms with E-state index in [-0.39, 0.29) is 0 Å². The molecule has 0 amide bonds. The highest BCUT2D eigenvalue weighted by Gasteiger charge is 2.29. The van der Waals surface area contributed by atoms with Gasteiger partial charge < -0.3 is 18.6 Å². The van der Waals surface area contributed by atoms with Gasteiger partial charge in [-0.1, -0.05) is 224 Å². The van der Waals surface area contributed by atoms with Gasteiger partial charge in [-0.05, 0) is 205 Å². The van der Waals surface area contributed by atoms with Gasteiger partial charge in [-0.2, -0.15) is 0 Å². The van der Waals surface area contributed by atoms with Crippen molar-refractivity contribution in [1.82, 2.24) is 28.2 Å². The highest BCUT2D eigenvalue weighted by atomic mass is 15.1. The smallest absolute Gasteiger partial charge is 0.165 e. The number of hydrogen-bond donors (Lipinski definition) is 0. The summed E-state index contributed by atoms with van der Waals surface area (Å²) < 4.78 is 9.80. The van der Waals surface area contributed by atoms with Crippen molar-refractivity contribution in [1.29, 1.82) is 0 Å². The van der Waals surface area contributed by atoms with Crippen molar-refractivity contribution in [3.8, 4) is 34.1 Å². The maximum atomic E-state index is 5.44. The lowest BCUT2D eigenvalue weighted by atomic mass is 9.93. The first-order chi connectivity index (χ1) is 53.1. The number of benzene rings is 17. The molecule has 19 aromatic carbocycles. The first-order valence-electron chi connectivity index (χ1n) is 36.7. The summed E-state index contributed by atoms with van der Waals surface area (Å²) in [5.74, 6) is 0.825. The normalized spacial score (nSPS) is 12.1. The van der Waals surface area contributed by atoms with E-state index in [2.05, 4.69) is 381 Å². The minimum absolute atomic E-state index is 0.825. The summed E-state index contributed by atoms with van der Waals surface area (Å²) in [5.41, 5.74) is 19.9.